The molecule has 1 rings (SSSR count). The summed E-state index contributed by atoms with van der Waals surface area (Å²) >= 11 is 0. The summed E-state index contributed by atoms with van der Waals surface area (Å²) in [7, 11) is 3.28. The zero-order valence-electron chi connectivity index (χ0n) is 12.8. The fraction of sp³-hybridized carbons (Fsp3) is 0.562. The predicted molar refractivity (Wildman–Crippen MR) is 81.3 cm³/mol. The first kappa shape index (κ1) is 16.2. The maximum atomic E-state index is 8.95. The number of nitriles is 1. The van der Waals surface area contributed by atoms with Gasteiger partial charge in [-0.05, 0) is 26.7 Å². The largest absolute Gasteiger partial charge is 0.497 e. The van der Waals surface area contributed by atoms with Crippen LogP contribution in [0.1, 0.15) is 33.1 Å². The van der Waals surface area contributed by atoms with Gasteiger partial charge in [0.2, 0.25) is 0 Å². The van der Waals surface area contributed by atoms with Gasteiger partial charge in [0.1, 0.15) is 11.5 Å². The molecule has 0 aliphatic heterocycles. The topological polar surface area (TPSA) is 54.3 Å². The van der Waals surface area contributed by atoms with Crippen LogP contribution in [0.3, 0.4) is 0 Å². The molecule has 0 amide bonds. The van der Waals surface area contributed by atoms with Crippen molar-refractivity contribution in [2.45, 2.75) is 33.1 Å². The molecule has 4 nitrogen and oxygen atoms in total. The van der Waals surface area contributed by atoms with Crippen LogP contribution in [-0.4, -0.2) is 20.8 Å². The molecule has 4 heteroatoms. The second kappa shape index (κ2) is 7.64. The molecule has 0 aromatic heterocycles. The molecular weight excluding hydrogens is 252 g/mol. The van der Waals surface area contributed by atoms with Crippen LogP contribution in [0, 0.1) is 16.7 Å². The number of methoxy groups -OCH3 is 2. The van der Waals surface area contributed by atoms with Gasteiger partial charge in [0.25, 0.3) is 0 Å². The summed E-state index contributed by atoms with van der Waals surface area (Å²) in [6.45, 7) is 4.83. The van der Waals surface area contributed by atoms with E-state index in [1.54, 1.807) is 14.2 Å². The molecule has 0 fully saturated rings. The van der Waals surface area contributed by atoms with Crippen molar-refractivity contribution in [3.8, 4) is 17.6 Å². The lowest BCUT2D eigenvalue weighted by Crippen LogP contribution is -2.09. The van der Waals surface area contributed by atoms with Gasteiger partial charge in [-0.25, -0.2) is 0 Å². The number of ether oxygens (including phenoxy) is 2. The molecule has 0 heterocycles. The molecule has 1 aromatic carbocycles. The molecule has 110 valence electrons. The van der Waals surface area contributed by atoms with Crippen molar-refractivity contribution in [1.29, 1.82) is 5.26 Å². The average Bonchev–Trinajstić information content (AvgIpc) is 2.46. The molecule has 0 atom stereocenters. The van der Waals surface area contributed by atoms with Gasteiger partial charge in [-0.3, -0.25) is 0 Å². The minimum absolute atomic E-state index is 0.223. The van der Waals surface area contributed by atoms with Crippen LogP contribution < -0.4 is 14.8 Å². The molecule has 0 saturated heterocycles. The van der Waals surface area contributed by atoms with E-state index in [2.05, 4.69) is 11.4 Å². The van der Waals surface area contributed by atoms with Gasteiger partial charge >= 0.3 is 0 Å². The smallest absolute Gasteiger partial charge is 0.124 e. The zero-order valence-corrected chi connectivity index (χ0v) is 12.8. The quantitative estimate of drug-likeness (QED) is 0.733. The van der Waals surface area contributed by atoms with Crippen molar-refractivity contribution in [3.05, 3.63) is 18.2 Å². The Morgan fingerprint density at radius 3 is 2.20 bits per heavy atom. The van der Waals surface area contributed by atoms with Gasteiger partial charge in [-0.1, -0.05) is 6.42 Å². The summed E-state index contributed by atoms with van der Waals surface area (Å²) in [4.78, 5) is 0. The highest BCUT2D eigenvalue weighted by Crippen LogP contribution is 2.26. The standard InChI is InChI=1S/C16H24N2O2/c1-16(2,12-17)7-5-6-8-18-13-9-14(19-3)11-15(10-13)20-4/h9-11,18H,5-8H2,1-4H3. The number of nitrogens with one attached hydrogen (secondary N) is 1. The monoisotopic (exact) mass is 276 g/mol. The molecule has 0 bridgehead atoms. The molecular formula is C16H24N2O2. The van der Waals surface area contributed by atoms with Crippen LogP contribution in [0.2, 0.25) is 0 Å². The first-order valence-corrected chi connectivity index (χ1v) is 6.89. The summed E-state index contributed by atoms with van der Waals surface area (Å²) in [6.07, 6.45) is 2.99. The second-order valence-corrected chi connectivity index (χ2v) is 5.48. The van der Waals surface area contributed by atoms with Crippen LogP contribution in [0.5, 0.6) is 11.5 Å². The van der Waals surface area contributed by atoms with Crippen LogP contribution in [0.25, 0.3) is 0 Å². The minimum Gasteiger partial charge on any atom is -0.497 e. The number of unbranched alkanes of at least 4 members (excludes halogenated alkanes) is 1. The van der Waals surface area contributed by atoms with E-state index in [0.29, 0.717) is 0 Å². The average molecular weight is 276 g/mol. The Morgan fingerprint density at radius 1 is 1.10 bits per heavy atom. The number of nitrogens with zero attached hydrogens (tertiary/aromatic N) is 1. The van der Waals surface area contributed by atoms with E-state index in [9.17, 15) is 0 Å². The van der Waals surface area contributed by atoms with E-state index in [0.717, 1.165) is 43.0 Å². The number of hydrogen-bond donors (Lipinski definition) is 1. The third-order valence-corrected chi connectivity index (χ3v) is 3.21. The highest BCUT2D eigenvalue weighted by Gasteiger charge is 2.15. The molecule has 0 unspecified atom stereocenters. The third kappa shape index (κ3) is 5.40. The summed E-state index contributed by atoms with van der Waals surface area (Å²) in [5.74, 6) is 1.55. The van der Waals surface area contributed by atoms with E-state index >= 15 is 0 Å². The Hall–Kier alpha value is -1.89. The van der Waals surface area contributed by atoms with Gasteiger partial charge in [-0.2, -0.15) is 5.26 Å². The maximum Gasteiger partial charge on any atom is 0.124 e. The number of benzene rings is 1. The van der Waals surface area contributed by atoms with Crippen molar-refractivity contribution in [2.24, 2.45) is 5.41 Å². The number of anilines is 1. The van der Waals surface area contributed by atoms with Crippen LogP contribution >= 0.6 is 0 Å². The summed E-state index contributed by atoms with van der Waals surface area (Å²) in [5, 5.41) is 12.3. The van der Waals surface area contributed by atoms with Gasteiger partial charge in [0.05, 0.1) is 25.7 Å². The van der Waals surface area contributed by atoms with Crippen molar-refractivity contribution in [2.75, 3.05) is 26.1 Å². The summed E-state index contributed by atoms with van der Waals surface area (Å²) < 4.78 is 10.5. The number of hydrogen-bond acceptors (Lipinski definition) is 4. The lowest BCUT2D eigenvalue weighted by atomic mass is 9.89. The Labute approximate surface area is 121 Å². The molecule has 0 spiro atoms. The number of rotatable bonds is 8. The highest BCUT2D eigenvalue weighted by atomic mass is 16.5. The second-order valence-electron chi connectivity index (χ2n) is 5.48. The maximum absolute atomic E-state index is 8.95. The van der Waals surface area contributed by atoms with Crippen molar-refractivity contribution in [1.82, 2.24) is 0 Å². The zero-order chi connectivity index (χ0) is 15.0. The molecule has 0 radical (unpaired) electrons. The van der Waals surface area contributed by atoms with Gasteiger partial charge in [-0.15, -0.1) is 0 Å². The Morgan fingerprint density at radius 2 is 1.70 bits per heavy atom. The lowest BCUT2D eigenvalue weighted by molar-refractivity contribution is 0.394. The predicted octanol–water partition coefficient (Wildman–Crippen LogP) is 3.84. The van der Waals surface area contributed by atoms with Gasteiger partial charge in [0, 0.05) is 30.4 Å². The van der Waals surface area contributed by atoms with Crippen LogP contribution in [0.4, 0.5) is 5.69 Å². The van der Waals surface area contributed by atoms with E-state index in [4.69, 9.17) is 14.7 Å². The van der Waals surface area contributed by atoms with Crippen LogP contribution in [-0.2, 0) is 0 Å². The molecule has 1 N–H and O–H groups in total. The minimum atomic E-state index is -0.223. The Kier molecular flexibility index (Phi) is 6.17. The molecule has 0 aliphatic rings. The fourth-order valence-corrected chi connectivity index (χ4v) is 1.89. The van der Waals surface area contributed by atoms with E-state index in [1.165, 1.54) is 0 Å². The van der Waals surface area contributed by atoms with Gasteiger partial charge < -0.3 is 14.8 Å². The fourth-order valence-electron chi connectivity index (χ4n) is 1.89. The van der Waals surface area contributed by atoms with Crippen molar-refractivity contribution >= 4 is 5.69 Å². The normalized spacial score (nSPS) is 10.8. The summed E-state index contributed by atoms with van der Waals surface area (Å²) in [6, 6.07) is 8.07. The first-order chi connectivity index (χ1) is 9.50. The highest BCUT2D eigenvalue weighted by molar-refractivity contribution is 5.53. The van der Waals surface area contributed by atoms with E-state index < -0.39 is 0 Å². The Bertz CT molecular complexity index is 442. The molecule has 1 aromatic rings. The Balaban J connectivity index is 2.41. The van der Waals surface area contributed by atoms with Crippen molar-refractivity contribution < 1.29 is 9.47 Å². The lowest BCUT2D eigenvalue weighted by Gasteiger charge is -2.15. The molecule has 0 saturated carbocycles. The SMILES string of the molecule is COc1cc(NCCCCC(C)(C)C#N)cc(OC)c1. The van der Waals surface area contributed by atoms with E-state index in [-0.39, 0.29) is 5.41 Å². The first-order valence-electron chi connectivity index (χ1n) is 6.89. The van der Waals surface area contributed by atoms with Gasteiger partial charge in [0.15, 0.2) is 0 Å². The van der Waals surface area contributed by atoms with Crippen LogP contribution in [0.15, 0.2) is 18.2 Å². The summed E-state index contributed by atoms with van der Waals surface area (Å²) in [5.41, 5.74) is 0.764. The molecule has 0 aliphatic carbocycles. The molecule has 20 heavy (non-hydrogen) atoms. The van der Waals surface area contributed by atoms with Crippen molar-refractivity contribution in [3.63, 3.8) is 0 Å². The third-order valence-electron chi connectivity index (χ3n) is 3.21. The van der Waals surface area contributed by atoms with E-state index in [1.807, 2.05) is 32.0 Å².